The molecule has 4 nitrogen and oxygen atoms in total. The summed E-state index contributed by atoms with van der Waals surface area (Å²) in [6.07, 6.45) is 1.41. The van der Waals surface area contributed by atoms with Crippen molar-refractivity contribution in [3.63, 3.8) is 0 Å². The average molecular weight is 338 g/mol. The number of piperidine rings is 1. The van der Waals surface area contributed by atoms with Gasteiger partial charge in [0.1, 0.15) is 0 Å². The van der Waals surface area contributed by atoms with E-state index in [1.165, 1.54) is 0 Å². The molecule has 25 heavy (non-hydrogen) atoms. The highest BCUT2D eigenvalue weighted by Gasteiger charge is 2.26. The van der Waals surface area contributed by atoms with Crippen LogP contribution in [0.2, 0.25) is 0 Å². The molecule has 1 aliphatic heterocycles. The van der Waals surface area contributed by atoms with Crippen molar-refractivity contribution in [2.75, 3.05) is 25.0 Å². The smallest absolute Gasteiger partial charge is 0.238 e. The Morgan fingerprint density at radius 2 is 1.88 bits per heavy atom. The van der Waals surface area contributed by atoms with Gasteiger partial charge in [0, 0.05) is 5.69 Å². The number of likely N-dealkylation sites (tertiary alicyclic amines) is 1. The van der Waals surface area contributed by atoms with Gasteiger partial charge in [-0.05, 0) is 62.0 Å². The summed E-state index contributed by atoms with van der Waals surface area (Å²) in [7, 11) is 0. The summed E-state index contributed by atoms with van der Waals surface area (Å²) in [5, 5.41) is 13.5. The number of anilines is 1. The Morgan fingerprint density at radius 3 is 2.56 bits per heavy atom. The molecule has 2 N–H and O–H groups in total. The molecule has 1 atom stereocenters. The normalized spacial score (nSPS) is 17.2. The number of nitrogens with zero attached hydrogens (tertiary/aromatic N) is 1. The summed E-state index contributed by atoms with van der Waals surface area (Å²) < 4.78 is 0. The van der Waals surface area contributed by atoms with Gasteiger partial charge in [-0.3, -0.25) is 9.69 Å². The molecule has 2 aromatic rings. The fraction of sp³-hybridized carbons (Fsp3) is 0.381. The van der Waals surface area contributed by atoms with E-state index in [-0.39, 0.29) is 11.8 Å². The zero-order valence-electron chi connectivity index (χ0n) is 14.7. The second-order valence-electron chi connectivity index (χ2n) is 6.89. The number of benzene rings is 2. The van der Waals surface area contributed by atoms with Gasteiger partial charge in [0.25, 0.3) is 0 Å². The number of hydrogen-bond acceptors (Lipinski definition) is 3. The summed E-state index contributed by atoms with van der Waals surface area (Å²) in [4.78, 5) is 14.4. The van der Waals surface area contributed by atoms with Crippen molar-refractivity contribution in [3.05, 3.63) is 65.7 Å². The first-order valence-electron chi connectivity index (χ1n) is 8.94. The van der Waals surface area contributed by atoms with Crippen molar-refractivity contribution in [1.29, 1.82) is 0 Å². The van der Waals surface area contributed by atoms with Gasteiger partial charge in [-0.25, -0.2) is 0 Å². The van der Waals surface area contributed by atoms with Crippen LogP contribution in [0.4, 0.5) is 5.69 Å². The van der Waals surface area contributed by atoms with Crippen LogP contribution in [-0.2, 0) is 4.79 Å². The van der Waals surface area contributed by atoms with Gasteiger partial charge in [0.15, 0.2) is 0 Å². The van der Waals surface area contributed by atoms with Crippen LogP contribution in [0.15, 0.2) is 54.6 Å². The molecule has 1 heterocycles. The lowest BCUT2D eigenvalue weighted by Crippen LogP contribution is -2.40. The fourth-order valence-electron chi connectivity index (χ4n) is 3.48. The molecule has 0 aromatic heterocycles. The van der Waals surface area contributed by atoms with Gasteiger partial charge in [-0.15, -0.1) is 0 Å². The molecule has 1 saturated heterocycles. The minimum Gasteiger partial charge on any atom is -0.388 e. The van der Waals surface area contributed by atoms with Crippen LogP contribution in [0.3, 0.4) is 0 Å². The van der Waals surface area contributed by atoms with Crippen molar-refractivity contribution in [2.45, 2.75) is 25.9 Å². The van der Waals surface area contributed by atoms with Crippen LogP contribution in [0.1, 0.15) is 30.1 Å². The molecule has 1 unspecified atom stereocenters. The molecule has 1 aliphatic rings. The number of carbonyl (C=O) groups is 1. The Balaban J connectivity index is 1.47. The van der Waals surface area contributed by atoms with E-state index in [0.29, 0.717) is 6.54 Å². The molecule has 4 heteroatoms. The molecule has 3 rings (SSSR count). The standard InChI is InChI=1S/C21H26N2O2/c1-16-6-5-9-19(14-16)22-20(24)15-23-12-10-18(11-13-23)21(25)17-7-3-2-4-8-17/h2-9,14,18,21,25H,10-13,15H2,1H3,(H,22,24). The van der Waals surface area contributed by atoms with Crippen LogP contribution in [0, 0.1) is 12.8 Å². The topological polar surface area (TPSA) is 52.6 Å². The molecule has 0 aliphatic carbocycles. The first-order valence-corrected chi connectivity index (χ1v) is 8.94. The second-order valence-corrected chi connectivity index (χ2v) is 6.89. The number of aliphatic hydroxyl groups is 1. The van der Waals surface area contributed by atoms with Crippen LogP contribution < -0.4 is 5.32 Å². The first kappa shape index (κ1) is 17.6. The molecule has 1 amide bonds. The number of hydrogen-bond donors (Lipinski definition) is 2. The summed E-state index contributed by atoms with van der Waals surface area (Å²) in [5.41, 5.74) is 2.96. The third kappa shape index (κ3) is 4.91. The van der Waals surface area contributed by atoms with E-state index in [4.69, 9.17) is 0 Å². The molecular weight excluding hydrogens is 312 g/mol. The molecule has 0 radical (unpaired) electrons. The van der Waals surface area contributed by atoms with E-state index in [1.807, 2.05) is 61.5 Å². The van der Waals surface area contributed by atoms with Crippen LogP contribution in [-0.4, -0.2) is 35.5 Å². The van der Waals surface area contributed by atoms with Crippen LogP contribution >= 0.6 is 0 Å². The summed E-state index contributed by atoms with van der Waals surface area (Å²) in [6.45, 7) is 4.10. The van der Waals surface area contributed by atoms with Crippen molar-refractivity contribution < 1.29 is 9.90 Å². The maximum absolute atomic E-state index is 12.2. The van der Waals surface area contributed by atoms with Gasteiger partial charge in [-0.2, -0.15) is 0 Å². The van der Waals surface area contributed by atoms with Crippen molar-refractivity contribution >= 4 is 11.6 Å². The first-order chi connectivity index (χ1) is 12.1. The van der Waals surface area contributed by atoms with Crippen LogP contribution in [0.5, 0.6) is 0 Å². The molecule has 2 aromatic carbocycles. The number of rotatable bonds is 5. The van der Waals surface area contributed by atoms with E-state index in [2.05, 4.69) is 10.2 Å². The monoisotopic (exact) mass is 338 g/mol. The highest BCUT2D eigenvalue weighted by molar-refractivity contribution is 5.92. The highest BCUT2D eigenvalue weighted by atomic mass is 16.3. The van der Waals surface area contributed by atoms with Gasteiger partial charge in [0.05, 0.1) is 12.6 Å². The second kappa shape index (κ2) is 8.28. The van der Waals surface area contributed by atoms with Crippen molar-refractivity contribution in [2.24, 2.45) is 5.92 Å². The minimum absolute atomic E-state index is 0.0210. The zero-order chi connectivity index (χ0) is 17.6. The molecular formula is C21H26N2O2. The number of amides is 1. The largest absolute Gasteiger partial charge is 0.388 e. The lowest BCUT2D eigenvalue weighted by atomic mass is 9.87. The lowest BCUT2D eigenvalue weighted by molar-refractivity contribution is -0.117. The number of aryl methyl sites for hydroxylation is 1. The average Bonchev–Trinajstić information content (AvgIpc) is 2.62. The van der Waals surface area contributed by atoms with E-state index in [0.717, 1.165) is 42.7 Å². The molecule has 0 saturated carbocycles. The Kier molecular flexibility index (Phi) is 5.84. The summed E-state index contributed by atoms with van der Waals surface area (Å²) in [6, 6.07) is 17.7. The quantitative estimate of drug-likeness (QED) is 0.879. The number of aliphatic hydroxyl groups excluding tert-OH is 1. The third-order valence-electron chi connectivity index (χ3n) is 4.89. The molecule has 132 valence electrons. The van der Waals surface area contributed by atoms with E-state index < -0.39 is 6.10 Å². The molecule has 0 bridgehead atoms. The summed E-state index contributed by atoms with van der Waals surface area (Å²) >= 11 is 0. The Hall–Kier alpha value is -2.17. The van der Waals surface area contributed by atoms with Crippen molar-refractivity contribution in [1.82, 2.24) is 4.90 Å². The van der Waals surface area contributed by atoms with E-state index in [1.54, 1.807) is 0 Å². The maximum Gasteiger partial charge on any atom is 0.238 e. The minimum atomic E-state index is -0.413. The number of nitrogens with one attached hydrogen (secondary N) is 1. The highest BCUT2D eigenvalue weighted by Crippen LogP contribution is 2.30. The van der Waals surface area contributed by atoms with Gasteiger partial charge in [0.2, 0.25) is 5.91 Å². The fourth-order valence-corrected chi connectivity index (χ4v) is 3.48. The van der Waals surface area contributed by atoms with Crippen molar-refractivity contribution in [3.8, 4) is 0 Å². The summed E-state index contributed by atoms with van der Waals surface area (Å²) in [5.74, 6) is 0.283. The predicted octanol–water partition coefficient (Wildman–Crippen LogP) is 3.38. The lowest BCUT2D eigenvalue weighted by Gasteiger charge is -2.34. The Bertz CT molecular complexity index is 694. The van der Waals surface area contributed by atoms with Gasteiger partial charge < -0.3 is 10.4 Å². The van der Waals surface area contributed by atoms with Gasteiger partial charge >= 0.3 is 0 Å². The van der Waals surface area contributed by atoms with Gasteiger partial charge in [-0.1, -0.05) is 42.5 Å². The number of carbonyl (C=O) groups excluding carboxylic acids is 1. The molecule has 0 spiro atoms. The van der Waals surface area contributed by atoms with E-state index >= 15 is 0 Å². The zero-order valence-corrected chi connectivity index (χ0v) is 14.7. The Labute approximate surface area is 149 Å². The third-order valence-corrected chi connectivity index (χ3v) is 4.89. The van der Waals surface area contributed by atoms with E-state index in [9.17, 15) is 9.90 Å². The maximum atomic E-state index is 12.2. The molecule has 1 fully saturated rings. The predicted molar refractivity (Wildman–Crippen MR) is 100 cm³/mol. The van der Waals surface area contributed by atoms with Crippen LogP contribution in [0.25, 0.3) is 0 Å². The Morgan fingerprint density at radius 1 is 1.16 bits per heavy atom. The SMILES string of the molecule is Cc1cccc(NC(=O)CN2CCC(C(O)c3ccccc3)CC2)c1.